The van der Waals surface area contributed by atoms with Crippen molar-refractivity contribution in [1.82, 2.24) is 19.3 Å². The summed E-state index contributed by atoms with van der Waals surface area (Å²) in [5.41, 5.74) is 2.70. The number of nitrogens with zero attached hydrogens (tertiary/aromatic N) is 4. The summed E-state index contributed by atoms with van der Waals surface area (Å²) in [6.07, 6.45) is 1.45. The molecule has 32 heavy (non-hydrogen) atoms. The van der Waals surface area contributed by atoms with Crippen LogP contribution in [0.1, 0.15) is 16.1 Å². The van der Waals surface area contributed by atoms with Crippen LogP contribution < -0.4 is 10.9 Å². The predicted molar refractivity (Wildman–Crippen MR) is 126 cm³/mol. The summed E-state index contributed by atoms with van der Waals surface area (Å²) >= 11 is 5.90. The van der Waals surface area contributed by atoms with Crippen molar-refractivity contribution in [2.45, 2.75) is 6.92 Å². The fraction of sp³-hybridized carbons (Fsp3) is 0.0833. The number of nitrogens with one attached hydrogen (secondary N) is 1. The van der Waals surface area contributed by atoms with Gasteiger partial charge in [-0.25, -0.2) is 4.98 Å². The molecule has 7 nitrogen and oxygen atoms in total. The molecular weight excluding hydrogens is 426 g/mol. The number of aromatic nitrogens is 4. The summed E-state index contributed by atoms with van der Waals surface area (Å²) in [7, 11) is 1.81. The number of rotatable bonds is 3. The smallest absolute Gasteiger partial charge is 0.296 e. The normalized spacial score (nSPS) is 11.2. The number of anilines is 1. The van der Waals surface area contributed by atoms with Gasteiger partial charge in [0.05, 0.1) is 10.7 Å². The van der Waals surface area contributed by atoms with E-state index >= 15 is 0 Å². The maximum absolute atomic E-state index is 13.5. The largest absolute Gasteiger partial charge is 0.339 e. The number of benzene rings is 2. The van der Waals surface area contributed by atoms with E-state index in [0.717, 1.165) is 16.5 Å². The van der Waals surface area contributed by atoms with Gasteiger partial charge >= 0.3 is 0 Å². The average molecular weight is 444 g/mol. The molecule has 0 saturated carbocycles. The van der Waals surface area contributed by atoms with Gasteiger partial charge in [-0.15, -0.1) is 0 Å². The van der Waals surface area contributed by atoms with Gasteiger partial charge < -0.3 is 9.88 Å². The lowest BCUT2D eigenvalue weighted by Gasteiger charge is -2.11. The van der Waals surface area contributed by atoms with Crippen LogP contribution in [0.5, 0.6) is 0 Å². The van der Waals surface area contributed by atoms with Gasteiger partial charge in [-0.2, -0.15) is 9.78 Å². The Balaban J connectivity index is 1.79. The molecule has 1 amide bonds. The molecule has 0 atom stereocenters. The Bertz CT molecular complexity index is 1550. The van der Waals surface area contributed by atoms with Crippen LogP contribution in [0.2, 0.25) is 5.02 Å². The number of para-hydroxylation sites is 1. The lowest BCUT2D eigenvalue weighted by Crippen LogP contribution is -2.27. The minimum Gasteiger partial charge on any atom is -0.339 e. The van der Waals surface area contributed by atoms with Gasteiger partial charge in [0, 0.05) is 29.5 Å². The Morgan fingerprint density at radius 2 is 1.78 bits per heavy atom. The van der Waals surface area contributed by atoms with E-state index in [1.54, 1.807) is 28.8 Å². The molecule has 0 unspecified atom stereocenters. The molecule has 0 aliphatic rings. The van der Waals surface area contributed by atoms with Crippen molar-refractivity contribution < 1.29 is 4.79 Å². The standard InChI is InChI=1S/C24H18ClN5O2/c1-14-7-10-16(11-8-14)30-24(32)22-20(17-5-3-4-6-18(17)29(22)2)21(28-30)23(31)27-19-12-9-15(25)13-26-19/h3-13H,1-2H3,(H,26,27,31). The summed E-state index contributed by atoms with van der Waals surface area (Å²) < 4.78 is 3.07. The maximum Gasteiger partial charge on any atom is 0.296 e. The first kappa shape index (κ1) is 20.0. The minimum atomic E-state index is -0.470. The summed E-state index contributed by atoms with van der Waals surface area (Å²) in [6.45, 7) is 1.96. The lowest BCUT2D eigenvalue weighted by atomic mass is 10.1. The zero-order valence-corrected chi connectivity index (χ0v) is 18.1. The quantitative estimate of drug-likeness (QED) is 0.445. The van der Waals surface area contributed by atoms with Gasteiger partial charge in [-0.3, -0.25) is 9.59 Å². The molecule has 0 aliphatic heterocycles. The molecule has 0 aliphatic carbocycles. The monoisotopic (exact) mass is 443 g/mol. The number of amides is 1. The fourth-order valence-corrected chi connectivity index (χ4v) is 3.94. The zero-order chi connectivity index (χ0) is 22.4. The van der Waals surface area contributed by atoms with Crippen molar-refractivity contribution in [3.05, 3.63) is 93.5 Å². The van der Waals surface area contributed by atoms with Crippen molar-refractivity contribution in [1.29, 1.82) is 0 Å². The van der Waals surface area contributed by atoms with Crippen molar-refractivity contribution in [3.8, 4) is 5.69 Å². The number of hydrogen-bond acceptors (Lipinski definition) is 4. The number of carbonyl (C=O) groups excluding carboxylic acids is 1. The van der Waals surface area contributed by atoms with E-state index in [4.69, 9.17) is 11.6 Å². The van der Waals surface area contributed by atoms with Gasteiger partial charge in [0.2, 0.25) is 0 Å². The summed E-state index contributed by atoms with van der Waals surface area (Å²) in [6, 6.07) is 18.2. The molecule has 158 valence electrons. The van der Waals surface area contributed by atoms with E-state index in [9.17, 15) is 9.59 Å². The third-order valence-electron chi connectivity index (χ3n) is 5.40. The van der Waals surface area contributed by atoms with Gasteiger partial charge in [0.15, 0.2) is 5.69 Å². The van der Waals surface area contributed by atoms with E-state index in [2.05, 4.69) is 15.4 Å². The number of pyridine rings is 1. The first-order valence-electron chi connectivity index (χ1n) is 9.94. The number of halogens is 1. The molecule has 0 bridgehead atoms. The molecule has 3 aromatic heterocycles. The molecule has 3 heterocycles. The molecule has 5 aromatic rings. The van der Waals surface area contributed by atoms with Gasteiger partial charge in [0.1, 0.15) is 11.3 Å². The van der Waals surface area contributed by atoms with Crippen LogP contribution >= 0.6 is 11.6 Å². The highest BCUT2D eigenvalue weighted by atomic mass is 35.5. The predicted octanol–water partition coefficient (Wildman–Crippen LogP) is 4.49. The van der Waals surface area contributed by atoms with Crippen LogP contribution in [0.4, 0.5) is 5.82 Å². The van der Waals surface area contributed by atoms with Crippen LogP contribution in [0, 0.1) is 6.92 Å². The van der Waals surface area contributed by atoms with Gasteiger partial charge in [0.25, 0.3) is 11.5 Å². The van der Waals surface area contributed by atoms with E-state index < -0.39 is 5.91 Å². The third-order valence-corrected chi connectivity index (χ3v) is 5.62. The van der Waals surface area contributed by atoms with Crippen molar-refractivity contribution in [2.75, 3.05) is 5.32 Å². The molecule has 0 radical (unpaired) electrons. The Labute approximate surface area is 187 Å². The van der Waals surface area contributed by atoms with E-state index in [-0.39, 0.29) is 11.3 Å². The topological polar surface area (TPSA) is 81.8 Å². The van der Waals surface area contributed by atoms with Crippen LogP contribution in [-0.4, -0.2) is 25.2 Å². The lowest BCUT2D eigenvalue weighted by molar-refractivity contribution is 0.102. The first-order valence-corrected chi connectivity index (χ1v) is 10.3. The SMILES string of the molecule is Cc1ccc(-n2nc(C(=O)Nc3ccc(Cl)cn3)c3c4ccccc4n(C)c3c2=O)cc1. The number of fused-ring (bicyclic) bond motifs is 3. The molecule has 1 N–H and O–H groups in total. The Kier molecular flexibility index (Phi) is 4.75. The van der Waals surface area contributed by atoms with E-state index in [1.807, 2.05) is 50.4 Å². The Morgan fingerprint density at radius 1 is 1.03 bits per heavy atom. The highest BCUT2D eigenvalue weighted by Gasteiger charge is 2.23. The Morgan fingerprint density at radius 3 is 2.50 bits per heavy atom. The van der Waals surface area contributed by atoms with Gasteiger partial charge in [-0.1, -0.05) is 47.5 Å². The number of carbonyl (C=O) groups is 1. The highest BCUT2D eigenvalue weighted by molar-refractivity contribution is 6.30. The first-order chi connectivity index (χ1) is 15.4. The molecular formula is C24H18ClN5O2. The third kappa shape index (κ3) is 3.23. The van der Waals surface area contributed by atoms with Crippen molar-refractivity contribution in [2.24, 2.45) is 7.05 Å². The number of hydrogen-bond donors (Lipinski definition) is 1. The average Bonchev–Trinajstić information content (AvgIpc) is 3.10. The second-order valence-corrected chi connectivity index (χ2v) is 7.95. The van der Waals surface area contributed by atoms with Crippen molar-refractivity contribution in [3.63, 3.8) is 0 Å². The van der Waals surface area contributed by atoms with Crippen LogP contribution in [0.25, 0.3) is 27.5 Å². The molecule has 0 spiro atoms. The maximum atomic E-state index is 13.5. The number of aryl methyl sites for hydroxylation is 2. The molecule has 8 heteroatoms. The second kappa shape index (κ2) is 7.62. The fourth-order valence-electron chi connectivity index (χ4n) is 3.82. The highest BCUT2D eigenvalue weighted by Crippen LogP contribution is 2.28. The molecule has 0 fully saturated rings. The van der Waals surface area contributed by atoms with E-state index in [0.29, 0.717) is 27.4 Å². The second-order valence-electron chi connectivity index (χ2n) is 7.52. The molecule has 0 saturated heterocycles. The summed E-state index contributed by atoms with van der Waals surface area (Å²) in [5.74, 6) is -0.135. The van der Waals surface area contributed by atoms with Gasteiger partial charge in [-0.05, 0) is 37.3 Å². The zero-order valence-electron chi connectivity index (χ0n) is 17.3. The van der Waals surface area contributed by atoms with E-state index in [1.165, 1.54) is 10.9 Å². The molecule has 5 rings (SSSR count). The Hall–Kier alpha value is -3.97. The van der Waals surface area contributed by atoms with Crippen LogP contribution in [0.3, 0.4) is 0 Å². The van der Waals surface area contributed by atoms with Crippen LogP contribution in [-0.2, 0) is 7.05 Å². The van der Waals surface area contributed by atoms with Crippen molar-refractivity contribution >= 4 is 45.1 Å². The molecule has 2 aromatic carbocycles. The minimum absolute atomic E-state index is 0.133. The summed E-state index contributed by atoms with van der Waals surface area (Å²) in [4.78, 5) is 31.0. The van der Waals surface area contributed by atoms with Crippen LogP contribution in [0.15, 0.2) is 71.7 Å². The summed E-state index contributed by atoms with van der Waals surface area (Å²) in [5, 5.41) is 9.01.